The van der Waals surface area contributed by atoms with E-state index >= 15 is 0 Å². The molecular formula is C17H16BrNO3S2. The predicted molar refractivity (Wildman–Crippen MR) is 103 cm³/mol. The quantitative estimate of drug-likeness (QED) is 0.524. The number of anilines is 1. The lowest BCUT2D eigenvalue weighted by Crippen LogP contribution is -2.21. The van der Waals surface area contributed by atoms with Gasteiger partial charge >= 0.3 is 5.97 Å². The highest BCUT2D eigenvalue weighted by molar-refractivity contribution is 9.10. The van der Waals surface area contributed by atoms with Crippen LogP contribution >= 0.6 is 39.5 Å². The third-order valence-electron chi connectivity index (χ3n) is 2.89. The number of ether oxygens (including phenoxy) is 1. The second-order valence-corrected chi connectivity index (χ2v) is 7.53. The van der Waals surface area contributed by atoms with E-state index in [-0.39, 0.29) is 18.3 Å². The molecule has 0 saturated heterocycles. The van der Waals surface area contributed by atoms with Crippen molar-refractivity contribution in [2.75, 3.05) is 23.9 Å². The van der Waals surface area contributed by atoms with Gasteiger partial charge in [-0.25, -0.2) is 0 Å². The Morgan fingerprint density at radius 2 is 1.88 bits per heavy atom. The van der Waals surface area contributed by atoms with Gasteiger partial charge in [0.15, 0.2) is 6.61 Å². The van der Waals surface area contributed by atoms with Crippen molar-refractivity contribution in [3.63, 3.8) is 0 Å². The number of hydrogen-bond donors (Lipinski definition) is 1. The van der Waals surface area contributed by atoms with E-state index in [0.29, 0.717) is 5.69 Å². The fraction of sp³-hybridized carbons (Fsp3) is 0.176. The Morgan fingerprint density at radius 1 is 1.12 bits per heavy atom. The Labute approximate surface area is 157 Å². The number of thioether (sulfide) groups is 2. The van der Waals surface area contributed by atoms with E-state index in [1.807, 2.05) is 48.7 Å². The maximum atomic E-state index is 11.8. The van der Waals surface area contributed by atoms with Gasteiger partial charge in [-0.3, -0.25) is 9.59 Å². The van der Waals surface area contributed by atoms with Crippen LogP contribution in [-0.2, 0) is 14.3 Å². The summed E-state index contributed by atoms with van der Waals surface area (Å²) in [5.41, 5.74) is 0.687. The van der Waals surface area contributed by atoms with Crippen LogP contribution in [0.1, 0.15) is 0 Å². The van der Waals surface area contributed by atoms with Crippen LogP contribution in [-0.4, -0.2) is 30.5 Å². The Kier molecular flexibility index (Phi) is 7.68. The monoisotopic (exact) mass is 425 g/mol. The molecule has 126 valence electrons. The molecule has 0 unspecified atom stereocenters. The van der Waals surface area contributed by atoms with Gasteiger partial charge in [0.25, 0.3) is 5.91 Å². The van der Waals surface area contributed by atoms with E-state index < -0.39 is 5.97 Å². The number of hydrogen-bond acceptors (Lipinski definition) is 5. The third kappa shape index (κ3) is 6.59. The largest absolute Gasteiger partial charge is 0.455 e. The average Bonchev–Trinajstić information content (AvgIpc) is 2.59. The normalized spacial score (nSPS) is 10.2. The van der Waals surface area contributed by atoms with Crippen LogP contribution in [0.3, 0.4) is 0 Å². The third-order valence-corrected chi connectivity index (χ3v) is 5.13. The highest BCUT2D eigenvalue weighted by Crippen LogP contribution is 2.21. The summed E-state index contributed by atoms with van der Waals surface area (Å²) >= 11 is 6.31. The molecule has 0 aliphatic carbocycles. The molecule has 7 heteroatoms. The molecule has 4 nitrogen and oxygen atoms in total. The lowest BCUT2D eigenvalue weighted by atomic mass is 10.3. The Balaban J connectivity index is 1.72. The summed E-state index contributed by atoms with van der Waals surface area (Å²) in [5, 5.41) is 2.71. The van der Waals surface area contributed by atoms with Crippen LogP contribution in [0.25, 0.3) is 0 Å². The highest BCUT2D eigenvalue weighted by Gasteiger charge is 2.09. The first-order valence-corrected chi connectivity index (χ1v) is 10.0. The van der Waals surface area contributed by atoms with Crippen molar-refractivity contribution in [1.82, 2.24) is 0 Å². The van der Waals surface area contributed by atoms with Crippen molar-refractivity contribution >= 4 is 57.0 Å². The molecule has 0 spiro atoms. The number of amides is 1. The molecule has 1 N–H and O–H groups in total. The van der Waals surface area contributed by atoms with Crippen molar-refractivity contribution in [3.8, 4) is 0 Å². The van der Waals surface area contributed by atoms with Gasteiger partial charge in [0, 0.05) is 20.0 Å². The number of carbonyl (C=O) groups is 2. The zero-order valence-corrected chi connectivity index (χ0v) is 16.2. The molecule has 2 rings (SSSR count). The first kappa shape index (κ1) is 18.9. The highest BCUT2D eigenvalue weighted by atomic mass is 79.9. The number of halogens is 1. The van der Waals surface area contributed by atoms with Gasteiger partial charge < -0.3 is 10.1 Å². The summed E-state index contributed by atoms with van der Waals surface area (Å²) in [5.74, 6) is -0.608. The Morgan fingerprint density at radius 3 is 2.58 bits per heavy atom. The molecule has 0 saturated carbocycles. The van der Waals surface area contributed by atoms with Gasteiger partial charge in [0.2, 0.25) is 0 Å². The van der Waals surface area contributed by atoms with Crippen molar-refractivity contribution in [2.45, 2.75) is 9.79 Å². The second kappa shape index (κ2) is 9.76. The molecule has 0 atom stereocenters. The minimum atomic E-state index is -0.420. The van der Waals surface area contributed by atoms with Gasteiger partial charge in [-0.05, 0) is 48.7 Å². The summed E-state index contributed by atoms with van der Waals surface area (Å²) in [4.78, 5) is 25.5. The van der Waals surface area contributed by atoms with Crippen LogP contribution in [0.2, 0.25) is 0 Å². The molecule has 0 fully saturated rings. The zero-order chi connectivity index (χ0) is 17.4. The molecule has 0 heterocycles. The fourth-order valence-electron chi connectivity index (χ4n) is 1.76. The molecule has 0 aromatic heterocycles. The number of nitrogens with one attached hydrogen (secondary N) is 1. The second-order valence-electron chi connectivity index (χ2n) is 4.68. The molecule has 0 aliphatic rings. The summed E-state index contributed by atoms with van der Waals surface area (Å²) in [6.45, 7) is -0.288. The number of rotatable bonds is 7. The van der Waals surface area contributed by atoms with Crippen molar-refractivity contribution in [2.24, 2.45) is 0 Å². The molecule has 2 aromatic carbocycles. The predicted octanol–water partition coefficient (Wildman–Crippen LogP) is 4.45. The van der Waals surface area contributed by atoms with Crippen LogP contribution in [0.5, 0.6) is 0 Å². The van der Waals surface area contributed by atoms with Crippen molar-refractivity contribution in [1.29, 1.82) is 0 Å². The summed E-state index contributed by atoms with van der Waals surface area (Å²) in [7, 11) is 0. The minimum Gasteiger partial charge on any atom is -0.455 e. The van der Waals surface area contributed by atoms with Gasteiger partial charge in [-0.2, -0.15) is 0 Å². The number of esters is 1. The van der Waals surface area contributed by atoms with Crippen LogP contribution in [0.15, 0.2) is 62.8 Å². The molecular weight excluding hydrogens is 410 g/mol. The summed E-state index contributed by atoms with van der Waals surface area (Å²) < 4.78 is 5.97. The zero-order valence-electron chi connectivity index (χ0n) is 13.0. The van der Waals surface area contributed by atoms with Gasteiger partial charge in [0.05, 0.1) is 5.75 Å². The van der Waals surface area contributed by atoms with Crippen LogP contribution < -0.4 is 5.32 Å². The van der Waals surface area contributed by atoms with E-state index in [4.69, 9.17) is 4.74 Å². The molecule has 24 heavy (non-hydrogen) atoms. The number of carbonyl (C=O) groups excluding carboxylic acids is 2. The molecule has 0 aliphatic heterocycles. The van der Waals surface area contributed by atoms with Gasteiger partial charge in [-0.1, -0.05) is 22.0 Å². The maximum Gasteiger partial charge on any atom is 0.316 e. The molecule has 2 aromatic rings. The standard InChI is InChI=1S/C17H16BrNO3S2/c1-23-15-4-2-3-13(9-15)19-16(20)10-22-17(21)11-24-14-7-5-12(18)6-8-14/h2-9H,10-11H2,1H3,(H,19,20). The average molecular weight is 426 g/mol. The number of benzene rings is 2. The van der Waals surface area contributed by atoms with E-state index in [9.17, 15) is 9.59 Å². The summed E-state index contributed by atoms with van der Waals surface area (Å²) in [6.07, 6.45) is 1.96. The van der Waals surface area contributed by atoms with E-state index in [2.05, 4.69) is 21.2 Å². The first-order valence-electron chi connectivity index (χ1n) is 7.05. The molecule has 0 bridgehead atoms. The first-order chi connectivity index (χ1) is 11.6. The lowest BCUT2D eigenvalue weighted by Gasteiger charge is -2.07. The van der Waals surface area contributed by atoms with Gasteiger partial charge in [0.1, 0.15) is 0 Å². The van der Waals surface area contributed by atoms with Crippen molar-refractivity contribution in [3.05, 3.63) is 53.0 Å². The van der Waals surface area contributed by atoms with Crippen LogP contribution in [0, 0.1) is 0 Å². The van der Waals surface area contributed by atoms with Crippen LogP contribution in [0.4, 0.5) is 5.69 Å². The van der Waals surface area contributed by atoms with Crippen molar-refractivity contribution < 1.29 is 14.3 Å². The topological polar surface area (TPSA) is 55.4 Å². The van der Waals surface area contributed by atoms with Gasteiger partial charge in [-0.15, -0.1) is 23.5 Å². The van der Waals surface area contributed by atoms with E-state index in [0.717, 1.165) is 14.3 Å². The minimum absolute atomic E-state index is 0.164. The molecule has 0 radical (unpaired) electrons. The van der Waals surface area contributed by atoms with E-state index in [1.54, 1.807) is 17.8 Å². The Bertz CT molecular complexity index is 707. The maximum absolute atomic E-state index is 11.8. The SMILES string of the molecule is CSc1cccc(NC(=O)COC(=O)CSc2ccc(Br)cc2)c1. The lowest BCUT2D eigenvalue weighted by molar-refractivity contribution is -0.144. The summed E-state index contributed by atoms with van der Waals surface area (Å²) in [6, 6.07) is 15.1. The molecule has 1 amide bonds. The smallest absolute Gasteiger partial charge is 0.316 e. The van der Waals surface area contributed by atoms with E-state index in [1.165, 1.54) is 11.8 Å². The fourth-order valence-corrected chi connectivity index (χ4v) is 3.18. The Hall–Kier alpha value is -1.44.